The topological polar surface area (TPSA) is 162 Å². The van der Waals surface area contributed by atoms with E-state index in [4.69, 9.17) is 24.7 Å². The number of para-hydroxylation sites is 1. The summed E-state index contributed by atoms with van der Waals surface area (Å²) in [7, 11) is 3.11. The molecular formula is C35H36N6O7. The number of ether oxygens (including phenoxy) is 4. The Balaban J connectivity index is 1.22. The van der Waals surface area contributed by atoms with E-state index in [1.54, 1.807) is 74.5 Å². The van der Waals surface area contributed by atoms with Gasteiger partial charge in [0.05, 0.1) is 63.1 Å². The molecule has 0 bridgehead atoms. The quantitative estimate of drug-likeness (QED) is 0.199. The maximum absolute atomic E-state index is 13.8. The number of hydrogen-bond acceptors (Lipinski definition) is 10. The molecule has 0 radical (unpaired) electrons. The first-order valence-corrected chi connectivity index (χ1v) is 15.5. The highest BCUT2D eigenvalue weighted by Crippen LogP contribution is 2.37. The average Bonchev–Trinajstić information content (AvgIpc) is 3.65. The molecule has 1 amide bonds. The number of rotatable bonds is 12. The zero-order chi connectivity index (χ0) is 33.8. The number of fused-ring (bicyclic) bond motifs is 1. The summed E-state index contributed by atoms with van der Waals surface area (Å²) in [4.78, 5) is 48.1. The van der Waals surface area contributed by atoms with Crippen molar-refractivity contribution in [2.24, 2.45) is 11.7 Å². The summed E-state index contributed by atoms with van der Waals surface area (Å²) in [5.41, 5.74) is 6.76. The van der Waals surface area contributed by atoms with E-state index in [9.17, 15) is 14.4 Å². The number of ketones is 1. The van der Waals surface area contributed by atoms with Crippen molar-refractivity contribution in [1.82, 2.24) is 19.3 Å². The van der Waals surface area contributed by atoms with Crippen molar-refractivity contribution < 1.29 is 28.5 Å². The first-order chi connectivity index (χ1) is 23.3. The van der Waals surface area contributed by atoms with Crippen LogP contribution in [0.2, 0.25) is 0 Å². The normalized spacial score (nSPS) is 15.8. The molecule has 6 rings (SSSR count). The third kappa shape index (κ3) is 6.64. The fourth-order valence-electron chi connectivity index (χ4n) is 5.96. The Bertz CT molecular complexity index is 2010. The van der Waals surface area contributed by atoms with Gasteiger partial charge in [-0.1, -0.05) is 18.2 Å². The molecule has 0 saturated carbocycles. The minimum Gasteiger partial charge on any atom is -0.493 e. The largest absolute Gasteiger partial charge is 0.493 e. The summed E-state index contributed by atoms with van der Waals surface area (Å²) < 4.78 is 26.2. The third-order valence-corrected chi connectivity index (χ3v) is 8.32. The van der Waals surface area contributed by atoms with Crippen molar-refractivity contribution in [2.45, 2.75) is 32.4 Å². The molecule has 1 aliphatic rings. The molecule has 0 aliphatic carbocycles. The van der Waals surface area contributed by atoms with Crippen LogP contribution in [0.4, 0.5) is 5.82 Å². The molecule has 1 aliphatic heterocycles. The minimum atomic E-state index is -0.595. The van der Waals surface area contributed by atoms with Crippen LogP contribution in [0.1, 0.15) is 28.9 Å². The van der Waals surface area contributed by atoms with Crippen LogP contribution in [-0.2, 0) is 16.1 Å². The first kappa shape index (κ1) is 32.4. The van der Waals surface area contributed by atoms with E-state index in [0.29, 0.717) is 71.3 Å². The average molecular weight is 653 g/mol. The van der Waals surface area contributed by atoms with Gasteiger partial charge in [-0.05, 0) is 55.7 Å². The number of nitrogens with zero attached hydrogens (tertiary/aromatic N) is 4. The summed E-state index contributed by atoms with van der Waals surface area (Å²) in [5.74, 6) is 1.73. The van der Waals surface area contributed by atoms with Crippen LogP contribution in [0, 0.1) is 12.8 Å². The van der Waals surface area contributed by atoms with Gasteiger partial charge in [-0.3, -0.25) is 24.0 Å². The van der Waals surface area contributed by atoms with Crippen molar-refractivity contribution in [1.29, 1.82) is 0 Å². The van der Waals surface area contributed by atoms with E-state index < -0.39 is 11.5 Å². The SMILES string of the molecule is COc1cc2nccc(Oc3ccc(NC(=O)c4c(C)n(C[C@H]5C[C@H](CC(=O)CN)CO5)n(-c5ccccc5)c4=O)nc3)c2cc1OC. The maximum atomic E-state index is 13.8. The Hall–Kier alpha value is -5.53. The van der Waals surface area contributed by atoms with Crippen LogP contribution in [-0.4, -0.2) is 64.5 Å². The molecule has 1 fully saturated rings. The monoisotopic (exact) mass is 652 g/mol. The molecule has 248 valence electrons. The Morgan fingerprint density at radius 2 is 1.79 bits per heavy atom. The van der Waals surface area contributed by atoms with Crippen molar-refractivity contribution in [3.8, 4) is 28.7 Å². The zero-order valence-electron chi connectivity index (χ0n) is 26.8. The Morgan fingerprint density at radius 1 is 1.02 bits per heavy atom. The molecule has 2 atom stereocenters. The van der Waals surface area contributed by atoms with Crippen molar-refractivity contribution >= 4 is 28.4 Å². The number of nitrogens with one attached hydrogen (secondary N) is 1. The first-order valence-electron chi connectivity index (χ1n) is 15.5. The lowest BCUT2D eigenvalue weighted by Crippen LogP contribution is -2.28. The molecular weight excluding hydrogens is 616 g/mol. The number of carbonyl (C=O) groups is 2. The molecule has 3 N–H and O–H groups in total. The van der Waals surface area contributed by atoms with E-state index in [0.717, 1.165) is 0 Å². The number of methoxy groups -OCH3 is 2. The second kappa shape index (κ2) is 14.1. The molecule has 48 heavy (non-hydrogen) atoms. The van der Waals surface area contributed by atoms with E-state index in [2.05, 4.69) is 15.3 Å². The summed E-state index contributed by atoms with van der Waals surface area (Å²) in [6.45, 7) is 2.49. The highest BCUT2D eigenvalue weighted by Gasteiger charge is 2.31. The lowest BCUT2D eigenvalue weighted by Gasteiger charge is -2.17. The van der Waals surface area contributed by atoms with Gasteiger partial charge in [-0.25, -0.2) is 9.67 Å². The van der Waals surface area contributed by atoms with Crippen LogP contribution in [0.15, 0.2) is 77.9 Å². The molecule has 2 aromatic carbocycles. The van der Waals surface area contributed by atoms with Crippen LogP contribution in [0.25, 0.3) is 16.6 Å². The summed E-state index contributed by atoms with van der Waals surface area (Å²) in [6.07, 6.45) is 3.86. The van der Waals surface area contributed by atoms with Crippen molar-refractivity contribution in [3.05, 3.63) is 94.7 Å². The number of benzene rings is 2. The van der Waals surface area contributed by atoms with Gasteiger partial charge in [-0.2, -0.15) is 0 Å². The second-order valence-corrected chi connectivity index (χ2v) is 11.5. The van der Waals surface area contributed by atoms with Crippen molar-refractivity contribution in [3.63, 3.8) is 0 Å². The molecule has 3 aromatic heterocycles. The van der Waals surface area contributed by atoms with E-state index in [1.165, 1.54) is 10.9 Å². The van der Waals surface area contributed by atoms with Gasteiger partial charge in [-0.15, -0.1) is 0 Å². The predicted octanol–water partition coefficient (Wildman–Crippen LogP) is 4.28. The number of carbonyl (C=O) groups excluding carboxylic acids is 2. The molecule has 0 unspecified atom stereocenters. The van der Waals surface area contributed by atoms with Gasteiger partial charge in [0.1, 0.15) is 28.7 Å². The van der Waals surface area contributed by atoms with Gasteiger partial charge >= 0.3 is 0 Å². The van der Waals surface area contributed by atoms with Gasteiger partial charge in [0.2, 0.25) is 0 Å². The molecule has 4 heterocycles. The smallest absolute Gasteiger partial charge is 0.284 e. The van der Waals surface area contributed by atoms with Gasteiger partial charge in [0.15, 0.2) is 11.5 Å². The Kier molecular flexibility index (Phi) is 9.50. The molecule has 0 spiro atoms. The molecule has 13 nitrogen and oxygen atoms in total. The number of hydrogen-bond donors (Lipinski definition) is 2. The fraction of sp³-hybridized carbons (Fsp3) is 0.286. The van der Waals surface area contributed by atoms with E-state index in [1.807, 2.05) is 18.2 Å². The predicted molar refractivity (Wildman–Crippen MR) is 178 cm³/mol. The third-order valence-electron chi connectivity index (χ3n) is 8.32. The van der Waals surface area contributed by atoms with E-state index in [-0.39, 0.29) is 35.7 Å². The standard InChI is InChI=1S/C35H36N6O7/c1-21-33(35(44)41(23-7-5-4-6-8-23)40(21)19-26-14-22(20-47-26)13-24(42)17-36)34(43)39-32-10-9-25(18-38-32)48-29-11-12-37-28-16-31(46-3)30(45-2)15-27(28)29/h4-12,15-16,18,22,26H,13-14,17,19-20,36H2,1-3H3,(H,38,39,43)/t22-,26+/m0/s1. The highest BCUT2D eigenvalue weighted by molar-refractivity contribution is 6.04. The summed E-state index contributed by atoms with van der Waals surface area (Å²) >= 11 is 0. The van der Waals surface area contributed by atoms with Crippen LogP contribution < -0.4 is 30.8 Å². The minimum absolute atomic E-state index is 0.00206. The van der Waals surface area contributed by atoms with Crippen molar-refractivity contribution in [2.75, 3.05) is 32.7 Å². The Labute approximate surface area is 276 Å². The van der Waals surface area contributed by atoms with E-state index >= 15 is 0 Å². The highest BCUT2D eigenvalue weighted by atomic mass is 16.5. The number of pyridine rings is 2. The van der Waals surface area contributed by atoms with Crippen LogP contribution in [0.5, 0.6) is 23.0 Å². The second-order valence-electron chi connectivity index (χ2n) is 11.5. The molecule has 13 heteroatoms. The van der Waals surface area contributed by atoms with Crippen LogP contribution >= 0.6 is 0 Å². The summed E-state index contributed by atoms with van der Waals surface area (Å²) in [6, 6.07) is 17.6. The van der Waals surface area contributed by atoms with Crippen LogP contribution in [0.3, 0.4) is 0 Å². The number of aromatic nitrogens is 4. The summed E-state index contributed by atoms with van der Waals surface area (Å²) in [5, 5.41) is 3.47. The fourth-order valence-corrected chi connectivity index (χ4v) is 5.96. The molecule has 5 aromatic rings. The van der Waals surface area contributed by atoms with Gasteiger partial charge in [0.25, 0.3) is 11.5 Å². The number of anilines is 1. The zero-order valence-corrected chi connectivity index (χ0v) is 26.8. The van der Waals surface area contributed by atoms with Gasteiger partial charge < -0.3 is 30.0 Å². The Morgan fingerprint density at radius 3 is 2.50 bits per heavy atom. The lowest BCUT2D eigenvalue weighted by atomic mass is 9.99. The molecule has 1 saturated heterocycles. The maximum Gasteiger partial charge on any atom is 0.284 e. The number of nitrogens with two attached hydrogens (primary N) is 1. The number of amides is 1. The lowest BCUT2D eigenvalue weighted by molar-refractivity contribution is -0.118. The van der Waals surface area contributed by atoms with Gasteiger partial charge in [0, 0.05) is 24.1 Å². The number of Topliss-reactive ketones (excluding diaryl/α,β-unsaturated/α-hetero) is 1.